The van der Waals surface area contributed by atoms with E-state index in [2.05, 4.69) is 9.84 Å². The van der Waals surface area contributed by atoms with Crippen LogP contribution in [-0.2, 0) is 10.0 Å². The highest BCUT2D eigenvalue weighted by molar-refractivity contribution is 7.89. The molecule has 0 bridgehead atoms. The van der Waals surface area contributed by atoms with Crippen LogP contribution in [0.3, 0.4) is 0 Å². The van der Waals surface area contributed by atoms with E-state index in [0.29, 0.717) is 0 Å². The lowest BCUT2D eigenvalue weighted by atomic mass is 10.2. The summed E-state index contributed by atoms with van der Waals surface area (Å²) in [6.45, 7) is 1.81. The van der Waals surface area contributed by atoms with Crippen molar-refractivity contribution in [1.82, 2.24) is 4.83 Å². The van der Waals surface area contributed by atoms with Crippen LogP contribution in [0.15, 0.2) is 58.5 Å². The van der Waals surface area contributed by atoms with Crippen LogP contribution >= 0.6 is 0 Å². The van der Waals surface area contributed by atoms with E-state index >= 15 is 0 Å². The fraction of sp³-hybridized carbons (Fsp3) is 0.133. The third kappa shape index (κ3) is 4.98. The van der Waals surface area contributed by atoms with Crippen LogP contribution in [0.5, 0.6) is 5.75 Å². The molecular weight excluding hydrogens is 345 g/mol. The van der Waals surface area contributed by atoms with E-state index in [-0.39, 0.29) is 10.5 Å². The Morgan fingerprint density at radius 3 is 2.33 bits per heavy atom. The van der Waals surface area contributed by atoms with E-state index in [1.54, 1.807) is 19.1 Å². The summed E-state index contributed by atoms with van der Waals surface area (Å²) in [5.41, 5.74) is 0.858. The van der Waals surface area contributed by atoms with E-state index in [4.69, 9.17) is 0 Å². The molecule has 0 aliphatic carbocycles. The van der Waals surface area contributed by atoms with E-state index < -0.39 is 22.1 Å². The Bertz CT molecular complexity index is 832. The van der Waals surface area contributed by atoms with Crippen molar-refractivity contribution in [3.8, 4) is 5.75 Å². The summed E-state index contributed by atoms with van der Waals surface area (Å²) in [5, 5.41) is 3.49. The van der Waals surface area contributed by atoms with Crippen molar-refractivity contribution in [2.24, 2.45) is 5.10 Å². The smallest absolute Gasteiger partial charge is 0.405 e. The summed E-state index contributed by atoms with van der Waals surface area (Å²) in [6.07, 6.45) is -3.92. The van der Waals surface area contributed by atoms with Gasteiger partial charge in [0.1, 0.15) is 5.75 Å². The number of nitrogens with one attached hydrogen (secondary N) is 1. The van der Waals surface area contributed by atoms with E-state index in [1.165, 1.54) is 30.3 Å². The number of para-hydroxylation sites is 1. The molecule has 5 nitrogen and oxygen atoms in total. The standard InChI is InChI=1S/C15H13F3N2O3S/c1-11-6-8-13(9-7-11)24(21,22)20-19-10-12-4-2-3-5-14(12)23-15(16,17)18/h2-10,20H,1H3. The third-order valence-corrected chi connectivity index (χ3v) is 4.09. The lowest BCUT2D eigenvalue weighted by molar-refractivity contribution is -0.274. The molecule has 0 spiro atoms. The second kappa shape index (κ2) is 6.91. The van der Waals surface area contributed by atoms with Crippen LogP contribution in [0, 0.1) is 6.92 Å². The highest BCUT2D eigenvalue weighted by atomic mass is 32.2. The number of benzene rings is 2. The normalized spacial score (nSPS) is 12.3. The van der Waals surface area contributed by atoms with Gasteiger partial charge in [-0.25, -0.2) is 4.83 Å². The van der Waals surface area contributed by atoms with Crippen molar-refractivity contribution < 1.29 is 26.3 Å². The number of nitrogens with zero attached hydrogens (tertiary/aromatic N) is 1. The average molecular weight is 358 g/mol. The molecule has 128 valence electrons. The zero-order valence-corrected chi connectivity index (χ0v) is 13.2. The van der Waals surface area contributed by atoms with Gasteiger partial charge in [-0.2, -0.15) is 13.5 Å². The number of aryl methyl sites for hydroxylation is 1. The molecule has 24 heavy (non-hydrogen) atoms. The monoisotopic (exact) mass is 358 g/mol. The number of rotatable bonds is 5. The lowest BCUT2D eigenvalue weighted by Gasteiger charge is -2.10. The summed E-state index contributed by atoms with van der Waals surface area (Å²) in [5.74, 6) is -0.483. The number of hydrazone groups is 1. The maximum absolute atomic E-state index is 12.3. The van der Waals surface area contributed by atoms with Gasteiger partial charge in [0.15, 0.2) is 0 Å². The van der Waals surface area contributed by atoms with E-state index in [0.717, 1.165) is 17.8 Å². The van der Waals surface area contributed by atoms with Gasteiger partial charge in [0.05, 0.1) is 11.1 Å². The van der Waals surface area contributed by atoms with Gasteiger partial charge in [0.25, 0.3) is 10.0 Å². The van der Waals surface area contributed by atoms with Crippen LogP contribution in [-0.4, -0.2) is 21.0 Å². The molecule has 0 aliphatic heterocycles. The Kier molecular flexibility index (Phi) is 5.13. The molecule has 0 heterocycles. The highest BCUT2D eigenvalue weighted by Gasteiger charge is 2.31. The van der Waals surface area contributed by atoms with Gasteiger partial charge in [0, 0.05) is 5.56 Å². The Balaban J connectivity index is 2.16. The predicted octanol–water partition coefficient (Wildman–Crippen LogP) is 3.21. The zero-order chi connectivity index (χ0) is 17.8. The molecule has 2 aromatic rings. The van der Waals surface area contributed by atoms with Gasteiger partial charge < -0.3 is 4.74 Å². The summed E-state index contributed by atoms with van der Waals surface area (Å²) < 4.78 is 64.8. The SMILES string of the molecule is Cc1ccc(S(=O)(=O)NN=Cc2ccccc2OC(F)(F)F)cc1. The molecule has 1 N–H and O–H groups in total. The van der Waals surface area contributed by atoms with Crippen LogP contribution in [0.25, 0.3) is 0 Å². The van der Waals surface area contributed by atoms with Crippen LogP contribution in [0.1, 0.15) is 11.1 Å². The Hall–Kier alpha value is -2.55. The van der Waals surface area contributed by atoms with Gasteiger partial charge in [-0.3, -0.25) is 0 Å². The van der Waals surface area contributed by atoms with Crippen molar-refractivity contribution >= 4 is 16.2 Å². The topological polar surface area (TPSA) is 67.8 Å². The Morgan fingerprint density at radius 1 is 1.08 bits per heavy atom. The Morgan fingerprint density at radius 2 is 1.71 bits per heavy atom. The van der Waals surface area contributed by atoms with E-state index in [9.17, 15) is 21.6 Å². The minimum atomic E-state index is -4.86. The summed E-state index contributed by atoms with van der Waals surface area (Å²) in [6, 6.07) is 11.3. The molecular formula is C15H13F3N2O3S. The Labute approximate surface area is 136 Å². The minimum absolute atomic E-state index is 0.00919. The maximum Gasteiger partial charge on any atom is 0.573 e. The van der Waals surface area contributed by atoms with Gasteiger partial charge in [-0.1, -0.05) is 29.8 Å². The third-order valence-electron chi connectivity index (χ3n) is 2.85. The molecule has 0 aromatic heterocycles. The second-order valence-electron chi connectivity index (χ2n) is 4.75. The van der Waals surface area contributed by atoms with Crippen LogP contribution in [0.4, 0.5) is 13.2 Å². The fourth-order valence-corrected chi connectivity index (χ4v) is 2.53. The molecule has 2 aromatic carbocycles. The van der Waals surface area contributed by atoms with Crippen molar-refractivity contribution in [2.45, 2.75) is 18.2 Å². The first-order valence-electron chi connectivity index (χ1n) is 6.64. The quantitative estimate of drug-likeness (QED) is 0.659. The number of alkyl halides is 3. The van der Waals surface area contributed by atoms with E-state index in [1.807, 2.05) is 4.83 Å². The van der Waals surface area contributed by atoms with Crippen molar-refractivity contribution in [1.29, 1.82) is 0 Å². The van der Waals surface area contributed by atoms with Gasteiger partial charge in [-0.15, -0.1) is 13.2 Å². The van der Waals surface area contributed by atoms with Gasteiger partial charge >= 0.3 is 6.36 Å². The predicted molar refractivity (Wildman–Crippen MR) is 82.2 cm³/mol. The molecule has 2 rings (SSSR count). The molecule has 0 saturated carbocycles. The molecule has 0 saturated heterocycles. The summed E-state index contributed by atoms with van der Waals surface area (Å²) in [4.78, 5) is 1.93. The number of hydrogen-bond acceptors (Lipinski definition) is 4. The number of sulfonamides is 1. The van der Waals surface area contributed by atoms with Crippen molar-refractivity contribution in [3.63, 3.8) is 0 Å². The van der Waals surface area contributed by atoms with Crippen molar-refractivity contribution in [2.75, 3.05) is 0 Å². The molecule has 0 amide bonds. The molecule has 0 fully saturated rings. The van der Waals surface area contributed by atoms with Gasteiger partial charge in [-0.05, 0) is 31.2 Å². The molecule has 0 unspecified atom stereocenters. The fourth-order valence-electron chi connectivity index (χ4n) is 1.74. The molecule has 0 atom stereocenters. The van der Waals surface area contributed by atoms with Gasteiger partial charge in [0.2, 0.25) is 0 Å². The summed E-state index contributed by atoms with van der Waals surface area (Å²) >= 11 is 0. The first-order chi connectivity index (χ1) is 11.2. The largest absolute Gasteiger partial charge is 0.573 e. The molecule has 0 radical (unpaired) electrons. The second-order valence-corrected chi connectivity index (χ2v) is 6.41. The van der Waals surface area contributed by atoms with Crippen LogP contribution < -0.4 is 9.57 Å². The number of halogens is 3. The molecule has 0 aliphatic rings. The minimum Gasteiger partial charge on any atom is -0.405 e. The lowest BCUT2D eigenvalue weighted by Crippen LogP contribution is -2.19. The van der Waals surface area contributed by atoms with Crippen molar-refractivity contribution in [3.05, 3.63) is 59.7 Å². The molecule has 9 heteroatoms. The first kappa shape index (κ1) is 17.8. The number of ether oxygens (including phenoxy) is 1. The van der Waals surface area contributed by atoms with Crippen LogP contribution in [0.2, 0.25) is 0 Å². The summed E-state index contributed by atoms with van der Waals surface area (Å²) in [7, 11) is -3.91. The zero-order valence-electron chi connectivity index (χ0n) is 12.4. The highest BCUT2D eigenvalue weighted by Crippen LogP contribution is 2.25. The number of hydrogen-bond donors (Lipinski definition) is 1. The maximum atomic E-state index is 12.3. The average Bonchev–Trinajstić information content (AvgIpc) is 2.48. The first-order valence-corrected chi connectivity index (χ1v) is 8.12.